The van der Waals surface area contributed by atoms with Crippen molar-refractivity contribution in [2.45, 2.75) is 41.5 Å². The van der Waals surface area contributed by atoms with Crippen LogP contribution < -0.4 is 17.2 Å². The predicted molar refractivity (Wildman–Crippen MR) is 258 cm³/mol. The number of nitrogens with zero attached hydrogens (tertiary/aromatic N) is 12. The molecule has 12 aromatic rings. The number of hydrogen-bond acceptors (Lipinski definition) is 12. The summed E-state index contributed by atoms with van der Waals surface area (Å²) in [4.78, 5) is 26.3. The summed E-state index contributed by atoms with van der Waals surface area (Å²) in [5.41, 5.74) is 21.7. The van der Waals surface area contributed by atoms with Crippen molar-refractivity contribution in [1.29, 1.82) is 0 Å². The van der Waals surface area contributed by atoms with Gasteiger partial charge in [-0.3, -0.25) is 15.0 Å². The van der Waals surface area contributed by atoms with Gasteiger partial charge in [0.2, 0.25) is 17.8 Å². The average molecular weight is 1390 g/mol. The Morgan fingerprint density at radius 1 is 0.379 bits per heavy atom. The van der Waals surface area contributed by atoms with Crippen molar-refractivity contribution in [2.75, 3.05) is 17.2 Å². The molecule has 336 valence electrons. The Hall–Kier alpha value is -6.40. The summed E-state index contributed by atoms with van der Waals surface area (Å²) in [5.74, 6) is 2.28. The van der Waals surface area contributed by atoms with Crippen LogP contribution in [-0.4, -0.2) is 58.7 Å². The standard InChI is InChI=1S/3C14H10N5.3C2H6.3W/c1-8-16-12-7-10-5-3-2-4-9(10)6-11(12)13-17-14(15)18-19(8)13;1-8-16-11-7-6-9-4-2-3-5-10(9)12(11)13-17-14(15)18-19(8)13;1-8-16-12-10-5-3-2-4-9(10)6-7-11(12)13-17-14(15)18-19(8)13;3*1-2;;;/h3*2-7H,1H2,(H2,15,18);3*1-2H3;;;/q3*-1;;;;;;. The van der Waals surface area contributed by atoms with Gasteiger partial charge in [0.05, 0.1) is 21.9 Å². The van der Waals surface area contributed by atoms with Crippen LogP contribution in [0.15, 0.2) is 109 Å². The molecular formula is C48H48N15W3-3. The van der Waals surface area contributed by atoms with Crippen LogP contribution in [0.4, 0.5) is 17.8 Å². The number of fused-ring (bicyclic) bond motifs is 14. The Bertz CT molecular complexity index is 3520. The number of nitrogens with two attached hydrogens (primary N) is 3. The summed E-state index contributed by atoms with van der Waals surface area (Å²) in [6, 6.07) is 36.5. The minimum atomic E-state index is 0. The summed E-state index contributed by atoms with van der Waals surface area (Å²) >= 11 is 0. The van der Waals surface area contributed by atoms with Crippen LogP contribution in [0.1, 0.15) is 59.0 Å². The Morgan fingerprint density at radius 2 is 0.788 bits per heavy atom. The molecule has 0 amide bonds. The van der Waals surface area contributed by atoms with Gasteiger partial charge < -0.3 is 38.0 Å². The van der Waals surface area contributed by atoms with E-state index in [1.54, 1.807) is 13.5 Å². The number of hydrogen-bond donors (Lipinski definition) is 3. The van der Waals surface area contributed by atoms with Crippen molar-refractivity contribution in [1.82, 2.24) is 58.7 Å². The van der Waals surface area contributed by atoms with Crippen molar-refractivity contribution in [3.05, 3.63) is 147 Å². The van der Waals surface area contributed by atoms with Gasteiger partial charge in [0.25, 0.3) is 0 Å². The van der Waals surface area contributed by atoms with E-state index in [1.807, 2.05) is 120 Å². The van der Waals surface area contributed by atoms with Crippen LogP contribution in [0.2, 0.25) is 0 Å². The molecule has 18 heteroatoms. The maximum Gasteiger partial charge on any atom is 0.240 e. The zero-order valence-electron chi connectivity index (χ0n) is 37.3. The fourth-order valence-corrected chi connectivity index (χ4v) is 7.23. The van der Waals surface area contributed by atoms with Gasteiger partial charge in [0.1, 0.15) is 0 Å². The monoisotopic (exact) mass is 1390 g/mol. The number of benzene rings is 6. The second-order valence-corrected chi connectivity index (χ2v) is 13.3. The smallest absolute Gasteiger partial charge is 0.240 e. The van der Waals surface area contributed by atoms with Gasteiger partial charge in [-0.15, -0.1) is 15.3 Å². The van der Waals surface area contributed by atoms with Crippen molar-refractivity contribution in [2.24, 2.45) is 0 Å². The van der Waals surface area contributed by atoms with Crippen molar-refractivity contribution in [3.8, 4) is 0 Å². The molecular weight excluding hydrogens is 1340 g/mol. The third-order valence-corrected chi connectivity index (χ3v) is 9.72. The largest absolute Gasteiger partial charge is 0.366 e. The van der Waals surface area contributed by atoms with Crippen molar-refractivity contribution >= 4 is 99.8 Å². The van der Waals surface area contributed by atoms with Crippen LogP contribution in [0, 0.1) is 20.8 Å². The Kier molecular flexibility index (Phi) is 17.9. The zero-order valence-corrected chi connectivity index (χ0v) is 46.1. The minimum absolute atomic E-state index is 0. The Labute approximate surface area is 424 Å². The second kappa shape index (κ2) is 22.7. The third-order valence-electron chi connectivity index (χ3n) is 9.72. The predicted octanol–water partition coefficient (Wildman–Crippen LogP) is 9.66. The molecule has 0 aliphatic rings. The molecule has 0 saturated heterocycles. The average Bonchev–Trinajstić information content (AvgIpc) is 4.05. The Balaban J connectivity index is 0.000000200. The number of anilines is 3. The quantitative estimate of drug-likeness (QED) is 0.0737. The van der Waals surface area contributed by atoms with E-state index >= 15 is 0 Å². The molecule has 6 N–H and O–H groups in total. The molecule has 0 spiro atoms. The fraction of sp³-hybridized carbons (Fsp3) is 0.125. The van der Waals surface area contributed by atoms with E-state index in [4.69, 9.17) is 17.2 Å². The van der Waals surface area contributed by atoms with Crippen LogP contribution >= 0.6 is 0 Å². The fourth-order valence-electron chi connectivity index (χ4n) is 7.23. The summed E-state index contributed by atoms with van der Waals surface area (Å²) in [6.45, 7) is 23.7. The van der Waals surface area contributed by atoms with E-state index in [9.17, 15) is 0 Å². The molecule has 0 saturated carbocycles. The Morgan fingerprint density at radius 3 is 1.36 bits per heavy atom. The van der Waals surface area contributed by atoms with Crippen molar-refractivity contribution < 1.29 is 63.2 Å². The summed E-state index contributed by atoms with van der Waals surface area (Å²) in [6.07, 6.45) is 0. The molecule has 6 aromatic heterocycles. The molecule has 12 rings (SSSR count). The van der Waals surface area contributed by atoms with Crippen molar-refractivity contribution in [3.63, 3.8) is 0 Å². The molecule has 0 radical (unpaired) electrons. The van der Waals surface area contributed by atoms with Gasteiger partial charge in [0, 0.05) is 79.4 Å². The molecule has 6 aromatic carbocycles. The first-order valence-corrected chi connectivity index (χ1v) is 20.7. The summed E-state index contributed by atoms with van der Waals surface area (Å²) in [7, 11) is 0. The molecule has 66 heavy (non-hydrogen) atoms. The van der Waals surface area contributed by atoms with Crippen LogP contribution in [0.3, 0.4) is 0 Å². The van der Waals surface area contributed by atoms with Crippen LogP contribution in [0.5, 0.6) is 0 Å². The molecule has 0 atom stereocenters. The van der Waals surface area contributed by atoms with E-state index in [0.29, 0.717) is 34.4 Å². The first-order chi connectivity index (χ1) is 30.7. The van der Waals surface area contributed by atoms with E-state index in [0.717, 1.165) is 65.0 Å². The molecule has 0 bridgehead atoms. The van der Waals surface area contributed by atoms with E-state index in [2.05, 4.69) is 96.3 Å². The molecule has 0 aliphatic carbocycles. The molecule has 0 fully saturated rings. The first-order valence-electron chi connectivity index (χ1n) is 20.7. The normalized spacial score (nSPS) is 10.3. The van der Waals surface area contributed by atoms with Crippen LogP contribution in [-0.2, 0) is 63.2 Å². The molecule has 0 unspecified atom stereocenters. The molecule has 6 heterocycles. The van der Waals surface area contributed by atoms with Gasteiger partial charge in [-0.2, -0.15) is 15.0 Å². The van der Waals surface area contributed by atoms with Gasteiger partial charge in [-0.1, -0.05) is 126 Å². The third kappa shape index (κ3) is 9.89. The number of nitrogen functional groups attached to an aromatic ring is 3. The first kappa shape index (κ1) is 52.2. The van der Waals surface area contributed by atoms with Gasteiger partial charge >= 0.3 is 0 Å². The van der Waals surface area contributed by atoms with E-state index < -0.39 is 0 Å². The van der Waals surface area contributed by atoms with Gasteiger partial charge in [-0.05, 0) is 68.7 Å². The minimum Gasteiger partial charge on any atom is -0.366 e. The number of rotatable bonds is 0. The zero-order chi connectivity index (χ0) is 44.9. The van der Waals surface area contributed by atoms with Crippen LogP contribution in [0.25, 0.3) is 82.0 Å². The molecule has 15 nitrogen and oxygen atoms in total. The summed E-state index contributed by atoms with van der Waals surface area (Å²) < 4.78 is 4.74. The second-order valence-electron chi connectivity index (χ2n) is 13.3. The van der Waals surface area contributed by atoms with Gasteiger partial charge in [0.15, 0.2) is 16.9 Å². The number of aromatic nitrogens is 12. The molecule has 0 aliphatic heterocycles. The summed E-state index contributed by atoms with van der Waals surface area (Å²) in [5, 5.41) is 21.8. The topological polar surface area (TPSA) is 207 Å². The maximum atomic E-state index is 5.70. The van der Waals surface area contributed by atoms with E-state index in [-0.39, 0.29) is 81.0 Å². The maximum absolute atomic E-state index is 5.70. The van der Waals surface area contributed by atoms with Gasteiger partial charge in [-0.25, -0.2) is 13.5 Å². The SMILES string of the molecule is CC.CC.CC.[CH2-]c1nc2c3ccccc3ccc2c2nc(N)nn12.[CH2-]c1nc2cc3ccccc3cc2c2nc(N)nn12.[CH2-]c1nc2ccc3ccccc3c2c2nc(N)nn12.[W].[W].[W]. The van der Waals surface area contributed by atoms with E-state index in [1.165, 1.54) is 0 Å².